The number of amides is 3. The molecule has 3 amide bonds. The Morgan fingerprint density at radius 1 is 1.05 bits per heavy atom. The van der Waals surface area contributed by atoms with Gasteiger partial charge in [0.05, 0.1) is 11.5 Å². The number of aromatic nitrogens is 1. The fourth-order valence-electron chi connectivity index (χ4n) is 6.57. The van der Waals surface area contributed by atoms with Gasteiger partial charge in [0.25, 0.3) is 5.91 Å². The number of hydrogen-bond donors (Lipinski definition) is 2. The molecule has 0 saturated carbocycles. The first-order valence-electron chi connectivity index (χ1n) is 14.3. The standard InChI is InChI=1S/C34H33N5O3/c1-21(2)17-28(31(40)39-20-34(18-23(39)19-35)25-14-8-10-16-27(25)37-33(34)42)38(3)32(41)30-29(22-11-5-4-6-12-22)24-13-7-9-15-26(24)36-30/h4-16,21,23,28,36H,17-18,20H2,1-3H3,(H,37,42)/t23?,28-,34-/m0/s1. The highest BCUT2D eigenvalue weighted by Gasteiger charge is 2.56. The number of anilines is 1. The monoisotopic (exact) mass is 559 g/mol. The van der Waals surface area contributed by atoms with E-state index in [0.29, 0.717) is 17.8 Å². The quantitative estimate of drug-likeness (QED) is 0.333. The number of carbonyl (C=O) groups is 3. The second kappa shape index (κ2) is 10.5. The van der Waals surface area contributed by atoms with Crippen LogP contribution in [0.1, 0.15) is 42.7 Å². The van der Waals surface area contributed by atoms with Crippen LogP contribution in [0.2, 0.25) is 0 Å². The van der Waals surface area contributed by atoms with Crippen LogP contribution in [0, 0.1) is 17.2 Å². The third kappa shape index (κ3) is 4.33. The molecule has 1 unspecified atom stereocenters. The van der Waals surface area contributed by atoms with E-state index in [2.05, 4.69) is 16.4 Å². The van der Waals surface area contributed by atoms with E-state index >= 15 is 0 Å². The average Bonchev–Trinajstić information content (AvgIpc) is 3.67. The third-order valence-electron chi connectivity index (χ3n) is 8.67. The molecule has 1 aromatic heterocycles. The number of nitrogens with one attached hydrogen (secondary N) is 2. The summed E-state index contributed by atoms with van der Waals surface area (Å²) in [6.45, 7) is 4.10. The van der Waals surface area contributed by atoms with Gasteiger partial charge in [0.2, 0.25) is 11.8 Å². The topological polar surface area (TPSA) is 109 Å². The van der Waals surface area contributed by atoms with Crippen LogP contribution < -0.4 is 5.32 Å². The molecule has 0 bridgehead atoms. The van der Waals surface area contributed by atoms with Crippen molar-refractivity contribution >= 4 is 34.3 Å². The number of likely N-dealkylation sites (N-methyl/N-ethyl adjacent to an activating group) is 1. The Labute approximate surface area is 244 Å². The lowest BCUT2D eigenvalue weighted by Gasteiger charge is -2.33. The predicted octanol–water partition coefficient (Wildman–Crippen LogP) is 5.34. The highest BCUT2D eigenvalue weighted by atomic mass is 16.2. The number of rotatable bonds is 6. The summed E-state index contributed by atoms with van der Waals surface area (Å²) in [7, 11) is 1.65. The van der Waals surface area contributed by atoms with Gasteiger partial charge in [-0.15, -0.1) is 0 Å². The molecule has 4 aromatic rings. The maximum Gasteiger partial charge on any atom is 0.271 e. The summed E-state index contributed by atoms with van der Waals surface area (Å²) in [4.78, 5) is 48.2. The van der Waals surface area contributed by atoms with Crippen molar-refractivity contribution in [3.8, 4) is 17.2 Å². The second-order valence-corrected chi connectivity index (χ2v) is 11.7. The Kier molecular flexibility index (Phi) is 6.82. The molecule has 2 N–H and O–H groups in total. The number of para-hydroxylation sites is 2. The number of nitrogens with zero attached hydrogens (tertiary/aromatic N) is 3. The summed E-state index contributed by atoms with van der Waals surface area (Å²) < 4.78 is 0. The fourth-order valence-corrected chi connectivity index (χ4v) is 6.57. The minimum Gasteiger partial charge on any atom is -0.350 e. The zero-order valence-corrected chi connectivity index (χ0v) is 23.9. The van der Waals surface area contributed by atoms with Gasteiger partial charge >= 0.3 is 0 Å². The van der Waals surface area contributed by atoms with E-state index in [1.807, 2.05) is 92.7 Å². The van der Waals surface area contributed by atoms with Gasteiger partial charge in [-0.05, 0) is 35.6 Å². The van der Waals surface area contributed by atoms with Crippen molar-refractivity contribution in [2.75, 3.05) is 18.9 Å². The molecule has 1 fully saturated rings. The van der Waals surface area contributed by atoms with Gasteiger partial charge in [0, 0.05) is 42.2 Å². The Bertz CT molecular complexity index is 1740. The summed E-state index contributed by atoms with van der Waals surface area (Å²) >= 11 is 0. The van der Waals surface area contributed by atoms with Crippen LogP contribution in [-0.4, -0.2) is 58.2 Å². The van der Waals surface area contributed by atoms with Gasteiger partial charge < -0.3 is 20.1 Å². The SMILES string of the molecule is CC(C)C[C@@H](C(=O)N1C[C@]2(CC1C#N)C(=O)Nc1ccccc12)N(C)C(=O)c1[nH]c2ccccc2c1-c1ccccc1. The lowest BCUT2D eigenvalue weighted by atomic mass is 9.80. The molecule has 1 spiro atoms. The summed E-state index contributed by atoms with van der Waals surface area (Å²) in [6, 6.07) is 25.6. The normalized spacial score (nSPS) is 20.0. The molecule has 3 aromatic carbocycles. The van der Waals surface area contributed by atoms with E-state index in [1.54, 1.807) is 7.05 Å². The minimum atomic E-state index is -0.991. The van der Waals surface area contributed by atoms with Crippen LogP contribution in [-0.2, 0) is 15.0 Å². The highest BCUT2D eigenvalue weighted by molar-refractivity contribution is 6.11. The van der Waals surface area contributed by atoms with Gasteiger partial charge in [-0.2, -0.15) is 5.26 Å². The Morgan fingerprint density at radius 2 is 1.74 bits per heavy atom. The molecule has 3 atom stereocenters. The molecule has 8 nitrogen and oxygen atoms in total. The molecule has 3 heterocycles. The molecule has 0 aliphatic carbocycles. The van der Waals surface area contributed by atoms with Crippen LogP contribution in [0.4, 0.5) is 5.69 Å². The molecular weight excluding hydrogens is 526 g/mol. The fraction of sp³-hybridized carbons (Fsp3) is 0.294. The second-order valence-electron chi connectivity index (χ2n) is 11.7. The van der Waals surface area contributed by atoms with E-state index in [-0.39, 0.29) is 36.6 Å². The van der Waals surface area contributed by atoms with Crippen LogP contribution in [0.15, 0.2) is 78.9 Å². The van der Waals surface area contributed by atoms with Crippen molar-refractivity contribution in [1.29, 1.82) is 5.26 Å². The molecule has 0 radical (unpaired) electrons. The number of fused-ring (bicyclic) bond motifs is 3. The first-order valence-corrected chi connectivity index (χ1v) is 14.3. The van der Waals surface area contributed by atoms with Crippen LogP contribution in [0.3, 0.4) is 0 Å². The molecular formula is C34H33N5O3. The van der Waals surface area contributed by atoms with Gasteiger partial charge in [0.15, 0.2) is 0 Å². The smallest absolute Gasteiger partial charge is 0.271 e. The van der Waals surface area contributed by atoms with Crippen molar-refractivity contribution in [3.63, 3.8) is 0 Å². The van der Waals surface area contributed by atoms with Crippen LogP contribution in [0.5, 0.6) is 0 Å². The van der Waals surface area contributed by atoms with Crippen molar-refractivity contribution in [2.24, 2.45) is 5.92 Å². The van der Waals surface area contributed by atoms with E-state index in [1.165, 1.54) is 9.80 Å². The summed E-state index contributed by atoms with van der Waals surface area (Å²) in [6.07, 6.45) is 0.622. The zero-order chi connectivity index (χ0) is 29.6. The number of hydrogen-bond acceptors (Lipinski definition) is 4. The predicted molar refractivity (Wildman–Crippen MR) is 162 cm³/mol. The largest absolute Gasteiger partial charge is 0.350 e. The third-order valence-corrected chi connectivity index (χ3v) is 8.67. The summed E-state index contributed by atoms with van der Waals surface area (Å²) in [5.74, 6) is -0.735. The zero-order valence-electron chi connectivity index (χ0n) is 23.9. The number of likely N-dealkylation sites (tertiary alicyclic amines) is 1. The van der Waals surface area contributed by atoms with Crippen molar-refractivity contribution in [3.05, 3.63) is 90.1 Å². The van der Waals surface area contributed by atoms with Crippen molar-refractivity contribution < 1.29 is 14.4 Å². The molecule has 8 heteroatoms. The molecule has 2 aliphatic heterocycles. The first-order chi connectivity index (χ1) is 20.2. The van der Waals surface area contributed by atoms with Gasteiger partial charge in [0.1, 0.15) is 17.8 Å². The van der Waals surface area contributed by atoms with E-state index < -0.39 is 17.5 Å². The van der Waals surface area contributed by atoms with Gasteiger partial charge in [-0.25, -0.2) is 0 Å². The maximum atomic E-state index is 14.4. The number of aromatic amines is 1. The average molecular weight is 560 g/mol. The Balaban J connectivity index is 1.37. The van der Waals surface area contributed by atoms with E-state index in [0.717, 1.165) is 27.6 Å². The molecule has 6 rings (SSSR count). The van der Waals surface area contributed by atoms with Crippen LogP contribution >= 0.6 is 0 Å². The maximum absolute atomic E-state index is 14.4. The first kappa shape index (κ1) is 27.3. The number of benzene rings is 3. The summed E-state index contributed by atoms with van der Waals surface area (Å²) in [5, 5.41) is 14.0. The number of H-pyrrole nitrogens is 1. The van der Waals surface area contributed by atoms with E-state index in [9.17, 15) is 19.6 Å². The van der Waals surface area contributed by atoms with Gasteiger partial charge in [-0.3, -0.25) is 14.4 Å². The molecule has 2 aliphatic rings. The molecule has 42 heavy (non-hydrogen) atoms. The van der Waals surface area contributed by atoms with Crippen LogP contribution in [0.25, 0.3) is 22.0 Å². The van der Waals surface area contributed by atoms with Gasteiger partial charge in [-0.1, -0.05) is 80.6 Å². The van der Waals surface area contributed by atoms with Crippen molar-refractivity contribution in [2.45, 2.75) is 44.2 Å². The Morgan fingerprint density at radius 3 is 2.48 bits per heavy atom. The number of nitriles is 1. The summed E-state index contributed by atoms with van der Waals surface area (Å²) in [5.41, 5.74) is 3.45. The molecule has 1 saturated heterocycles. The minimum absolute atomic E-state index is 0.0885. The lowest BCUT2D eigenvalue weighted by Crippen LogP contribution is -2.52. The number of carbonyl (C=O) groups excluding carboxylic acids is 3. The molecule has 212 valence electrons. The Hall–Kier alpha value is -4.90. The lowest BCUT2D eigenvalue weighted by molar-refractivity contribution is -0.136. The highest BCUT2D eigenvalue weighted by Crippen LogP contribution is 2.46. The van der Waals surface area contributed by atoms with E-state index in [4.69, 9.17) is 0 Å². The van der Waals surface area contributed by atoms with Crippen molar-refractivity contribution in [1.82, 2.24) is 14.8 Å².